The molecule has 5 nitrogen and oxygen atoms in total. The summed E-state index contributed by atoms with van der Waals surface area (Å²) in [6, 6.07) is 25.5. The number of benzene rings is 3. The van der Waals surface area contributed by atoms with Gasteiger partial charge in [0.25, 0.3) is 0 Å². The predicted octanol–water partition coefficient (Wildman–Crippen LogP) is 4.64. The van der Waals surface area contributed by atoms with E-state index >= 15 is 0 Å². The molecule has 1 aliphatic heterocycles. The van der Waals surface area contributed by atoms with Crippen LogP contribution in [-0.2, 0) is 28.2 Å². The first kappa shape index (κ1) is 21.9. The van der Waals surface area contributed by atoms with Crippen molar-refractivity contribution in [1.82, 2.24) is 5.32 Å². The van der Waals surface area contributed by atoms with Crippen LogP contribution in [0.4, 0.5) is 0 Å². The zero-order chi connectivity index (χ0) is 22.2. The molecular formula is C27H29NO4. The highest BCUT2D eigenvalue weighted by molar-refractivity contribution is 5.73. The average molecular weight is 432 g/mol. The molecule has 0 bridgehead atoms. The van der Waals surface area contributed by atoms with E-state index in [1.54, 1.807) is 7.11 Å². The molecule has 1 fully saturated rings. The molecular weight excluding hydrogens is 402 g/mol. The second kappa shape index (κ2) is 10.3. The maximum Gasteiger partial charge on any atom is 0.311 e. The number of ether oxygens (including phenoxy) is 3. The van der Waals surface area contributed by atoms with Gasteiger partial charge in [-0.3, -0.25) is 4.79 Å². The van der Waals surface area contributed by atoms with Gasteiger partial charge in [-0.25, -0.2) is 0 Å². The van der Waals surface area contributed by atoms with Crippen molar-refractivity contribution < 1.29 is 19.0 Å². The maximum atomic E-state index is 12.9. The van der Waals surface area contributed by atoms with E-state index in [0.717, 1.165) is 36.1 Å². The zero-order valence-corrected chi connectivity index (χ0v) is 18.4. The molecule has 1 N–H and O–H groups in total. The molecule has 3 aromatic carbocycles. The molecule has 1 heterocycles. The summed E-state index contributed by atoms with van der Waals surface area (Å²) in [7, 11) is 1.60. The molecule has 3 aromatic rings. The molecule has 5 heteroatoms. The minimum atomic E-state index is -0.626. The van der Waals surface area contributed by atoms with Crippen LogP contribution in [0.25, 0.3) is 0 Å². The molecule has 0 aromatic heterocycles. The lowest BCUT2D eigenvalue weighted by atomic mass is 9.86. The molecule has 32 heavy (non-hydrogen) atoms. The molecule has 1 atom stereocenters. The van der Waals surface area contributed by atoms with Crippen LogP contribution >= 0.6 is 0 Å². The van der Waals surface area contributed by atoms with E-state index in [4.69, 9.17) is 14.2 Å². The van der Waals surface area contributed by atoms with Crippen LogP contribution in [0.3, 0.4) is 0 Å². The van der Waals surface area contributed by atoms with Crippen molar-refractivity contribution >= 4 is 5.97 Å². The molecule has 0 saturated carbocycles. The Bertz CT molecular complexity index is 1010. The standard InChI is InChI=1S/C27H29NO4/c1-30-25-17-22(13-14-24(25)31-19-21-9-4-2-5-10-21)18-26(29)32-27(15-8-16-28-20-27)23-11-6-3-7-12-23/h2-7,9-14,17,28H,8,15-16,18-20H2,1H3. The van der Waals surface area contributed by atoms with Crippen LogP contribution < -0.4 is 14.8 Å². The van der Waals surface area contributed by atoms with Gasteiger partial charge in [0.2, 0.25) is 0 Å². The van der Waals surface area contributed by atoms with Gasteiger partial charge < -0.3 is 19.5 Å². The minimum absolute atomic E-state index is 0.171. The van der Waals surface area contributed by atoms with Crippen LogP contribution in [0.1, 0.15) is 29.5 Å². The first-order chi connectivity index (χ1) is 15.7. The smallest absolute Gasteiger partial charge is 0.311 e. The quantitative estimate of drug-likeness (QED) is 0.527. The van der Waals surface area contributed by atoms with E-state index in [-0.39, 0.29) is 12.4 Å². The van der Waals surface area contributed by atoms with E-state index < -0.39 is 5.60 Å². The summed E-state index contributed by atoms with van der Waals surface area (Å²) in [5.74, 6) is 0.992. The fourth-order valence-electron chi connectivity index (χ4n) is 4.11. The number of piperidine rings is 1. The topological polar surface area (TPSA) is 56.8 Å². The van der Waals surface area contributed by atoms with Crippen molar-refractivity contribution in [2.24, 2.45) is 0 Å². The third-order valence-corrected chi connectivity index (χ3v) is 5.77. The summed E-state index contributed by atoms with van der Waals surface area (Å²) in [6.45, 7) is 2.01. The van der Waals surface area contributed by atoms with Gasteiger partial charge >= 0.3 is 5.97 Å². The maximum absolute atomic E-state index is 12.9. The highest BCUT2D eigenvalue weighted by atomic mass is 16.6. The van der Waals surface area contributed by atoms with Crippen molar-refractivity contribution in [3.05, 3.63) is 95.6 Å². The number of hydrogen-bond acceptors (Lipinski definition) is 5. The Morgan fingerprint density at radius 2 is 1.69 bits per heavy atom. The molecule has 0 radical (unpaired) electrons. The molecule has 1 saturated heterocycles. The highest BCUT2D eigenvalue weighted by Crippen LogP contribution is 2.34. The summed E-state index contributed by atoms with van der Waals surface area (Å²) in [4.78, 5) is 12.9. The van der Waals surface area contributed by atoms with Crippen LogP contribution in [0.5, 0.6) is 11.5 Å². The Hall–Kier alpha value is -3.31. The summed E-state index contributed by atoms with van der Waals surface area (Å²) in [6.07, 6.45) is 1.94. The van der Waals surface area contributed by atoms with Crippen LogP contribution in [0.15, 0.2) is 78.9 Å². The summed E-state index contributed by atoms with van der Waals surface area (Å²) < 4.78 is 17.5. The summed E-state index contributed by atoms with van der Waals surface area (Å²) in [5.41, 5.74) is 2.31. The van der Waals surface area contributed by atoms with E-state index in [2.05, 4.69) is 5.32 Å². The van der Waals surface area contributed by atoms with Crippen LogP contribution in [0.2, 0.25) is 0 Å². The number of carbonyl (C=O) groups is 1. The van der Waals surface area contributed by atoms with Gasteiger partial charge in [-0.15, -0.1) is 0 Å². The number of nitrogens with one attached hydrogen (secondary N) is 1. The predicted molar refractivity (Wildman–Crippen MR) is 124 cm³/mol. The first-order valence-electron chi connectivity index (χ1n) is 11.0. The molecule has 1 unspecified atom stereocenters. The lowest BCUT2D eigenvalue weighted by molar-refractivity contribution is -0.162. The van der Waals surface area contributed by atoms with Crippen LogP contribution in [0, 0.1) is 0 Å². The van der Waals surface area contributed by atoms with Gasteiger partial charge in [-0.1, -0.05) is 66.7 Å². The van der Waals surface area contributed by atoms with Crippen molar-refractivity contribution in [2.75, 3.05) is 20.2 Å². The Morgan fingerprint density at radius 1 is 0.938 bits per heavy atom. The zero-order valence-electron chi connectivity index (χ0n) is 18.4. The van der Waals surface area contributed by atoms with E-state index in [1.165, 1.54) is 0 Å². The van der Waals surface area contributed by atoms with Gasteiger partial charge in [0, 0.05) is 6.54 Å². The first-order valence-corrected chi connectivity index (χ1v) is 11.0. The van der Waals surface area contributed by atoms with Crippen molar-refractivity contribution in [3.8, 4) is 11.5 Å². The Morgan fingerprint density at radius 3 is 2.38 bits per heavy atom. The van der Waals surface area contributed by atoms with E-state index in [1.807, 2.05) is 78.9 Å². The lowest BCUT2D eigenvalue weighted by Crippen LogP contribution is -2.46. The number of carbonyl (C=O) groups excluding carboxylic acids is 1. The second-order valence-electron chi connectivity index (χ2n) is 8.05. The SMILES string of the molecule is COc1cc(CC(=O)OC2(c3ccccc3)CCCNC2)ccc1OCc1ccccc1. The summed E-state index contributed by atoms with van der Waals surface area (Å²) >= 11 is 0. The van der Waals surface area contributed by atoms with Crippen molar-refractivity contribution in [1.29, 1.82) is 0 Å². The monoisotopic (exact) mass is 431 g/mol. The van der Waals surface area contributed by atoms with Crippen molar-refractivity contribution in [2.45, 2.75) is 31.5 Å². The lowest BCUT2D eigenvalue weighted by Gasteiger charge is -2.37. The number of methoxy groups -OCH3 is 1. The molecule has 0 spiro atoms. The normalized spacial score (nSPS) is 18.0. The third kappa shape index (κ3) is 5.29. The third-order valence-electron chi connectivity index (χ3n) is 5.77. The van der Waals surface area contributed by atoms with Crippen LogP contribution in [-0.4, -0.2) is 26.2 Å². The van der Waals surface area contributed by atoms with Gasteiger partial charge in [0.15, 0.2) is 11.5 Å². The van der Waals surface area contributed by atoms with Gasteiger partial charge in [-0.05, 0) is 48.2 Å². The molecule has 166 valence electrons. The summed E-state index contributed by atoms with van der Waals surface area (Å²) in [5, 5.41) is 3.38. The highest BCUT2D eigenvalue weighted by Gasteiger charge is 2.37. The Labute approximate surface area is 189 Å². The second-order valence-corrected chi connectivity index (χ2v) is 8.05. The Balaban J connectivity index is 1.44. The Kier molecular flexibility index (Phi) is 7.07. The molecule has 4 rings (SSSR count). The molecule has 0 aliphatic carbocycles. The number of esters is 1. The van der Waals surface area contributed by atoms with E-state index in [0.29, 0.717) is 24.7 Å². The molecule has 1 aliphatic rings. The largest absolute Gasteiger partial charge is 0.493 e. The fourth-order valence-corrected chi connectivity index (χ4v) is 4.11. The van der Waals surface area contributed by atoms with Crippen molar-refractivity contribution in [3.63, 3.8) is 0 Å². The van der Waals surface area contributed by atoms with E-state index in [9.17, 15) is 4.79 Å². The van der Waals surface area contributed by atoms with Gasteiger partial charge in [0.05, 0.1) is 13.5 Å². The van der Waals surface area contributed by atoms with Gasteiger partial charge in [-0.2, -0.15) is 0 Å². The van der Waals surface area contributed by atoms with Gasteiger partial charge in [0.1, 0.15) is 12.2 Å². The average Bonchev–Trinajstić information content (AvgIpc) is 2.85. The fraction of sp³-hybridized carbons (Fsp3) is 0.296. The molecule has 0 amide bonds. The minimum Gasteiger partial charge on any atom is -0.493 e. The number of rotatable bonds is 8. The number of hydrogen-bond donors (Lipinski definition) is 1.